The minimum Gasteiger partial charge on any atom is -0.507 e. The molecule has 1 aromatic rings. The summed E-state index contributed by atoms with van der Waals surface area (Å²) in [5.41, 5.74) is 0.0791. The molecule has 0 aromatic heterocycles. The summed E-state index contributed by atoms with van der Waals surface area (Å²) in [6, 6.07) is 3.94. The lowest BCUT2D eigenvalue weighted by Gasteiger charge is -2.14. The van der Waals surface area contributed by atoms with Gasteiger partial charge in [0.1, 0.15) is 17.5 Å². The average molecular weight is 278 g/mol. The zero-order valence-corrected chi connectivity index (χ0v) is 11.5. The number of carbonyl (C=O) groups excluding carboxylic acids is 2. The number of hydrogen-bond acceptors (Lipinski definition) is 4. The molecule has 2 amide bonds. The molecule has 0 aliphatic heterocycles. The molecule has 1 saturated carbocycles. The van der Waals surface area contributed by atoms with Gasteiger partial charge in [0.25, 0.3) is 5.91 Å². The van der Waals surface area contributed by atoms with Gasteiger partial charge in [-0.15, -0.1) is 0 Å². The van der Waals surface area contributed by atoms with Gasteiger partial charge >= 0.3 is 0 Å². The number of carbonyl (C=O) groups is 2. The zero-order chi connectivity index (χ0) is 14.7. The van der Waals surface area contributed by atoms with Gasteiger partial charge in [-0.05, 0) is 38.0 Å². The number of phenols is 1. The number of hydrogen-bond donors (Lipinski definition) is 3. The van der Waals surface area contributed by atoms with Crippen LogP contribution in [0.4, 0.5) is 0 Å². The van der Waals surface area contributed by atoms with Crippen molar-refractivity contribution in [2.45, 2.75) is 31.8 Å². The van der Waals surface area contributed by atoms with Gasteiger partial charge in [0.05, 0.1) is 12.7 Å². The Morgan fingerprint density at radius 1 is 1.40 bits per heavy atom. The maximum Gasteiger partial charge on any atom is 0.255 e. The SMILES string of the molecule is COc1ccc(O)c(C(=O)NC(C)C(=O)NC2CC2)c1. The van der Waals surface area contributed by atoms with Crippen LogP contribution in [0.3, 0.4) is 0 Å². The topological polar surface area (TPSA) is 87.7 Å². The normalized spacial score (nSPS) is 15.3. The first-order valence-electron chi connectivity index (χ1n) is 6.49. The van der Waals surface area contributed by atoms with E-state index in [9.17, 15) is 14.7 Å². The lowest BCUT2D eigenvalue weighted by atomic mass is 10.1. The molecule has 1 aromatic carbocycles. The van der Waals surface area contributed by atoms with Crippen LogP contribution in [0.15, 0.2) is 18.2 Å². The van der Waals surface area contributed by atoms with E-state index in [1.165, 1.54) is 19.2 Å². The molecule has 20 heavy (non-hydrogen) atoms. The van der Waals surface area contributed by atoms with Crippen molar-refractivity contribution in [3.05, 3.63) is 23.8 Å². The Kier molecular flexibility index (Phi) is 4.12. The predicted molar refractivity (Wildman–Crippen MR) is 72.8 cm³/mol. The molecule has 0 saturated heterocycles. The molecular formula is C14H18N2O4. The fourth-order valence-corrected chi connectivity index (χ4v) is 1.72. The molecule has 1 aliphatic rings. The molecule has 1 atom stereocenters. The highest BCUT2D eigenvalue weighted by Crippen LogP contribution is 2.23. The average Bonchev–Trinajstić information content (AvgIpc) is 3.23. The largest absolute Gasteiger partial charge is 0.507 e. The molecule has 1 unspecified atom stereocenters. The van der Waals surface area contributed by atoms with Crippen molar-refractivity contribution in [3.8, 4) is 11.5 Å². The summed E-state index contributed by atoms with van der Waals surface area (Å²) in [7, 11) is 1.47. The van der Waals surface area contributed by atoms with Gasteiger partial charge in [-0.1, -0.05) is 0 Å². The minimum absolute atomic E-state index is 0.0791. The molecule has 108 valence electrons. The quantitative estimate of drug-likeness (QED) is 0.743. The highest BCUT2D eigenvalue weighted by atomic mass is 16.5. The van der Waals surface area contributed by atoms with Gasteiger partial charge in [-0.25, -0.2) is 0 Å². The first-order valence-corrected chi connectivity index (χ1v) is 6.49. The van der Waals surface area contributed by atoms with E-state index in [4.69, 9.17) is 4.74 Å². The second kappa shape index (κ2) is 5.81. The van der Waals surface area contributed by atoms with Crippen LogP contribution in [0, 0.1) is 0 Å². The number of nitrogens with one attached hydrogen (secondary N) is 2. The lowest BCUT2D eigenvalue weighted by molar-refractivity contribution is -0.122. The maximum atomic E-state index is 12.0. The Balaban J connectivity index is 2.01. The third-order valence-electron chi connectivity index (χ3n) is 3.11. The van der Waals surface area contributed by atoms with Gasteiger partial charge in [0.15, 0.2) is 0 Å². The van der Waals surface area contributed by atoms with Crippen LogP contribution < -0.4 is 15.4 Å². The number of aromatic hydroxyl groups is 1. The van der Waals surface area contributed by atoms with E-state index >= 15 is 0 Å². The second-order valence-corrected chi connectivity index (χ2v) is 4.86. The Bertz CT molecular complexity index is 526. The summed E-state index contributed by atoms with van der Waals surface area (Å²) < 4.78 is 5.00. The molecule has 0 bridgehead atoms. The van der Waals surface area contributed by atoms with Crippen molar-refractivity contribution in [3.63, 3.8) is 0 Å². The molecule has 1 fully saturated rings. The summed E-state index contributed by atoms with van der Waals surface area (Å²) in [5, 5.41) is 15.1. The Morgan fingerprint density at radius 2 is 2.10 bits per heavy atom. The summed E-state index contributed by atoms with van der Waals surface area (Å²) in [6.45, 7) is 1.60. The smallest absolute Gasteiger partial charge is 0.255 e. The van der Waals surface area contributed by atoms with Crippen LogP contribution in [0.1, 0.15) is 30.1 Å². The van der Waals surface area contributed by atoms with Crippen molar-refractivity contribution in [1.29, 1.82) is 0 Å². The Morgan fingerprint density at radius 3 is 2.70 bits per heavy atom. The van der Waals surface area contributed by atoms with E-state index in [2.05, 4.69) is 10.6 Å². The highest BCUT2D eigenvalue weighted by Gasteiger charge is 2.26. The highest BCUT2D eigenvalue weighted by molar-refractivity contribution is 5.99. The molecule has 0 spiro atoms. The molecule has 3 N–H and O–H groups in total. The van der Waals surface area contributed by atoms with Crippen molar-refractivity contribution < 1.29 is 19.4 Å². The second-order valence-electron chi connectivity index (χ2n) is 4.86. The van der Waals surface area contributed by atoms with Crippen LogP contribution in [0.2, 0.25) is 0 Å². The maximum absolute atomic E-state index is 12.0. The van der Waals surface area contributed by atoms with Gasteiger partial charge in [-0.3, -0.25) is 9.59 Å². The summed E-state index contributed by atoms with van der Waals surface area (Å²) >= 11 is 0. The molecule has 0 radical (unpaired) electrons. The van der Waals surface area contributed by atoms with Gasteiger partial charge < -0.3 is 20.5 Å². The lowest BCUT2D eigenvalue weighted by Crippen LogP contribution is -2.45. The predicted octanol–water partition coefficient (Wildman–Crippen LogP) is 0.798. The van der Waals surface area contributed by atoms with Crippen LogP contribution in [0.5, 0.6) is 11.5 Å². The van der Waals surface area contributed by atoms with Crippen LogP contribution in [-0.4, -0.2) is 36.1 Å². The first-order chi connectivity index (χ1) is 9.51. The van der Waals surface area contributed by atoms with Crippen LogP contribution in [-0.2, 0) is 4.79 Å². The van der Waals surface area contributed by atoms with Crippen molar-refractivity contribution in [2.24, 2.45) is 0 Å². The standard InChI is InChI=1S/C14H18N2O4/c1-8(13(18)16-9-3-4-9)15-14(19)11-7-10(20-2)5-6-12(11)17/h5-9,17H,3-4H2,1-2H3,(H,15,19)(H,16,18). The van der Waals surface area contributed by atoms with Gasteiger partial charge in [-0.2, -0.15) is 0 Å². The molecule has 2 rings (SSSR count). The third kappa shape index (κ3) is 3.40. The number of benzene rings is 1. The van der Waals surface area contributed by atoms with E-state index in [0.717, 1.165) is 12.8 Å². The van der Waals surface area contributed by atoms with Crippen molar-refractivity contribution in [2.75, 3.05) is 7.11 Å². The van der Waals surface area contributed by atoms with Crippen molar-refractivity contribution in [1.82, 2.24) is 10.6 Å². The summed E-state index contributed by atoms with van der Waals surface area (Å²) in [6.07, 6.45) is 1.98. The number of amides is 2. The Labute approximate surface area is 117 Å². The summed E-state index contributed by atoms with van der Waals surface area (Å²) in [4.78, 5) is 23.8. The van der Waals surface area contributed by atoms with E-state index in [1.54, 1.807) is 13.0 Å². The third-order valence-corrected chi connectivity index (χ3v) is 3.11. The molecule has 6 nitrogen and oxygen atoms in total. The van der Waals surface area contributed by atoms with E-state index in [1.807, 2.05) is 0 Å². The number of phenolic OH excluding ortho intramolecular Hbond substituents is 1. The fraction of sp³-hybridized carbons (Fsp3) is 0.429. The van der Waals surface area contributed by atoms with Crippen molar-refractivity contribution >= 4 is 11.8 Å². The molecular weight excluding hydrogens is 260 g/mol. The molecule has 0 heterocycles. The van der Waals surface area contributed by atoms with E-state index in [0.29, 0.717) is 5.75 Å². The number of methoxy groups -OCH3 is 1. The molecule has 1 aliphatic carbocycles. The van der Waals surface area contributed by atoms with Crippen LogP contribution >= 0.6 is 0 Å². The zero-order valence-electron chi connectivity index (χ0n) is 11.5. The summed E-state index contributed by atoms with van der Waals surface area (Å²) in [5.74, 6) is -0.427. The van der Waals surface area contributed by atoms with Crippen LogP contribution in [0.25, 0.3) is 0 Å². The van der Waals surface area contributed by atoms with Gasteiger partial charge in [0.2, 0.25) is 5.91 Å². The monoisotopic (exact) mass is 278 g/mol. The van der Waals surface area contributed by atoms with E-state index < -0.39 is 11.9 Å². The van der Waals surface area contributed by atoms with Gasteiger partial charge in [0, 0.05) is 6.04 Å². The minimum atomic E-state index is -0.659. The first kappa shape index (κ1) is 14.2. The molecule has 6 heteroatoms. The Hall–Kier alpha value is -2.24. The fourth-order valence-electron chi connectivity index (χ4n) is 1.72. The number of rotatable bonds is 5. The van der Waals surface area contributed by atoms with E-state index in [-0.39, 0.29) is 23.3 Å². The number of ether oxygens (including phenoxy) is 1.